The Bertz CT molecular complexity index is 450. The first-order valence-corrected chi connectivity index (χ1v) is 5.60. The van der Waals surface area contributed by atoms with Gasteiger partial charge in [0.05, 0.1) is 12.5 Å². The number of hydrogen-bond donors (Lipinski definition) is 3. The van der Waals surface area contributed by atoms with Crippen molar-refractivity contribution in [2.24, 2.45) is 5.73 Å². The molecule has 0 saturated heterocycles. The van der Waals surface area contributed by atoms with Crippen molar-refractivity contribution < 1.29 is 14.7 Å². The molecule has 0 aliphatic rings. The Morgan fingerprint density at radius 3 is 2.82 bits per heavy atom. The molecule has 1 aromatic heterocycles. The van der Waals surface area contributed by atoms with Crippen molar-refractivity contribution in [3.8, 4) is 0 Å². The van der Waals surface area contributed by atoms with Crippen molar-refractivity contribution in [2.45, 2.75) is 19.4 Å². The predicted octanol–water partition coefficient (Wildman–Crippen LogP) is 0.893. The van der Waals surface area contributed by atoms with Crippen LogP contribution in [0.15, 0.2) is 16.7 Å². The molecule has 1 unspecified atom stereocenters. The van der Waals surface area contributed by atoms with Crippen molar-refractivity contribution in [1.82, 2.24) is 4.98 Å². The zero-order chi connectivity index (χ0) is 13.0. The number of nitrogens with one attached hydrogen (secondary N) is 1. The highest BCUT2D eigenvalue weighted by molar-refractivity contribution is 9.10. The Labute approximate surface area is 106 Å². The van der Waals surface area contributed by atoms with E-state index in [1.165, 1.54) is 6.20 Å². The number of carboxylic acid groups (broad SMARTS) is 1. The van der Waals surface area contributed by atoms with Gasteiger partial charge in [0.15, 0.2) is 0 Å². The number of nitrogens with zero attached hydrogens (tertiary/aromatic N) is 1. The highest BCUT2D eigenvalue weighted by atomic mass is 79.9. The Morgan fingerprint density at radius 1 is 1.65 bits per heavy atom. The molecule has 0 aromatic carbocycles. The maximum atomic E-state index is 11.5. The van der Waals surface area contributed by atoms with Crippen molar-refractivity contribution >= 4 is 33.6 Å². The fourth-order valence-electron chi connectivity index (χ4n) is 1.16. The van der Waals surface area contributed by atoms with Crippen LogP contribution in [0.25, 0.3) is 0 Å². The second kappa shape index (κ2) is 5.74. The van der Waals surface area contributed by atoms with Gasteiger partial charge in [-0.15, -0.1) is 0 Å². The van der Waals surface area contributed by atoms with E-state index in [1.807, 2.05) is 0 Å². The number of carboxylic acids is 1. The molecule has 4 N–H and O–H groups in total. The highest BCUT2D eigenvalue weighted by Gasteiger charge is 2.18. The first kappa shape index (κ1) is 13.6. The number of rotatable bonds is 4. The summed E-state index contributed by atoms with van der Waals surface area (Å²) in [5.74, 6) is -1.31. The van der Waals surface area contributed by atoms with Crippen molar-refractivity contribution in [1.29, 1.82) is 0 Å². The quantitative estimate of drug-likeness (QED) is 0.766. The summed E-state index contributed by atoms with van der Waals surface area (Å²) in [5.41, 5.74) is 6.18. The Hall–Kier alpha value is -1.47. The number of anilines is 1. The maximum Gasteiger partial charge on any atom is 0.305 e. The predicted molar refractivity (Wildman–Crippen MR) is 65.5 cm³/mol. The zero-order valence-electron chi connectivity index (χ0n) is 9.11. The summed E-state index contributed by atoms with van der Waals surface area (Å²) < 4.78 is 0.794. The minimum absolute atomic E-state index is 0.374. The van der Waals surface area contributed by atoms with Crippen molar-refractivity contribution in [3.05, 3.63) is 22.3 Å². The number of pyridine rings is 1. The monoisotopic (exact) mass is 301 g/mol. The van der Waals surface area contributed by atoms with E-state index in [1.54, 1.807) is 13.0 Å². The topological polar surface area (TPSA) is 105 Å². The third-order valence-corrected chi connectivity index (χ3v) is 2.45. The summed E-state index contributed by atoms with van der Waals surface area (Å²) in [5, 5.41) is 11.0. The molecule has 92 valence electrons. The fraction of sp³-hybridized carbons (Fsp3) is 0.300. The molecule has 1 atom stereocenters. The molecule has 6 nitrogen and oxygen atoms in total. The van der Waals surface area contributed by atoms with E-state index in [2.05, 4.69) is 26.2 Å². The first-order chi connectivity index (χ1) is 7.90. The van der Waals surface area contributed by atoms with Crippen LogP contribution >= 0.6 is 15.9 Å². The summed E-state index contributed by atoms with van der Waals surface area (Å²) in [7, 11) is 0. The van der Waals surface area contributed by atoms with E-state index >= 15 is 0 Å². The van der Waals surface area contributed by atoms with Gasteiger partial charge in [-0.3, -0.25) is 9.59 Å². The van der Waals surface area contributed by atoms with Crippen LogP contribution < -0.4 is 11.1 Å². The molecule has 0 fully saturated rings. The van der Waals surface area contributed by atoms with Gasteiger partial charge in [0, 0.05) is 10.7 Å². The van der Waals surface area contributed by atoms with Gasteiger partial charge in [0.1, 0.15) is 5.82 Å². The molecular weight excluding hydrogens is 290 g/mol. The Balaban J connectivity index is 2.71. The number of halogens is 1. The summed E-state index contributed by atoms with van der Waals surface area (Å²) in [6.07, 6.45) is 1.12. The molecule has 0 radical (unpaired) electrons. The molecule has 1 amide bonds. The minimum atomic E-state index is -1.12. The highest BCUT2D eigenvalue weighted by Crippen LogP contribution is 2.16. The lowest BCUT2D eigenvalue weighted by Crippen LogP contribution is -2.37. The Kier molecular flexibility index (Phi) is 4.59. The third kappa shape index (κ3) is 4.12. The van der Waals surface area contributed by atoms with E-state index in [4.69, 9.17) is 10.8 Å². The number of aromatic nitrogens is 1. The average molecular weight is 302 g/mol. The van der Waals surface area contributed by atoms with Gasteiger partial charge in [-0.2, -0.15) is 0 Å². The van der Waals surface area contributed by atoms with Crippen LogP contribution in [-0.4, -0.2) is 28.0 Å². The number of carbonyl (C=O) groups is 2. The lowest BCUT2D eigenvalue weighted by atomic mass is 10.2. The summed E-state index contributed by atoms with van der Waals surface area (Å²) >= 11 is 3.25. The van der Waals surface area contributed by atoms with Gasteiger partial charge in [-0.05, 0) is 34.5 Å². The van der Waals surface area contributed by atoms with Crippen LogP contribution in [0.2, 0.25) is 0 Å². The lowest BCUT2D eigenvalue weighted by molar-refractivity contribution is -0.138. The van der Waals surface area contributed by atoms with Crippen LogP contribution in [0.5, 0.6) is 0 Å². The zero-order valence-corrected chi connectivity index (χ0v) is 10.7. The number of amides is 1. The number of nitrogens with two attached hydrogens (primary N) is 1. The molecule has 0 spiro atoms. The number of aliphatic carboxylic acids is 1. The molecule has 1 heterocycles. The standard InChI is InChI=1S/C10H12BrN3O3/c1-5-2-6(11)4-13-9(5)14-10(17)7(12)3-8(15)16/h2,4,7H,3,12H2,1H3,(H,15,16)(H,13,14,17). The molecule has 0 aliphatic carbocycles. The fourth-order valence-corrected chi connectivity index (χ4v) is 1.61. The smallest absolute Gasteiger partial charge is 0.305 e. The molecule has 17 heavy (non-hydrogen) atoms. The Morgan fingerprint density at radius 2 is 2.29 bits per heavy atom. The molecule has 1 rings (SSSR count). The van der Waals surface area contributed by atoms with E-state index in [0.29, 0.717) is 5.82 Å². The van der Waals surface area contributed by atoms with Crippen LogP contribution in [0, 0.1) is 6.92 Å². The molecule has 0 saturated carbocycles. The molecular formula is C10H12BrN3O3. The molecule has 0 aliphatic heterocycles. The van der Waals surface area contributed by atoms with E-state index < -0.39 is 24.3 Å². The SMILES string of the molecule is Cc1cc(Br)cnc1NC(=O)C(N)CC(=O)O. The van der Waals surface area contributed by atoms with Crippen molar-refractivity contribution in [2.75, 3.05) is 5.32 Å². The minimum Gasteiger partial charge on any atom is -0.481 e. The largest absolute Gasteiger partial charge is 0.481 e. The van der Waals surface area contributed by atoms with Crippen LogP contribution in [0.1, 0.15) is 12.0 Å². The van der Waals surface area contributed by atoms with E-state index in [0.717, 1.165) is 10.0 Å². The van der Waals surface area contributed by atoms with Crippen molar-refractivity contribution in [3.63, 3.8) is 0 Å². The number of aryl methyl sites for hydroxylation is 1. The number of hydrogen-bond acceptors (Lipinski definition) is 4. The van der Waals surface area contributed by atoms with Gasteiger partial charge in [0.25, 0.3) is 0 Å². The van der Waals surface area contributed by atoms with Gasteiger partial charge in [-0.1, -0.05) is 0 Å². The lowest BCUT2D eigenvalue weighted by Gasteiger charge is -2.11. The second-order valence-corrected chi connectivity index (χ2v) is 4.43. The van der Waals surface area contributed by atoms with E-state index in [-0.39, 0.29) is 0 Å². The molecule has 7 heteroatoms. The number of carbonyl (C=O) groups excluding carboxylic acids is 1. The van der Waals surface area contributed by atoms with Crippen LogP contribution in [-0.2, 0) is 9.59 Å². The summed E-state index contributed by atoms with van der Waals surface area (Å²) in [4.78, 5) is 25.9. The van der Waals surface area contributed by atoms with E-state index in [9.17, 15) is 9.59 Å². The molecule has 1 aromatic rings. The molecule has 0 bridgehead atoms. The summed E-state index contributed by atoms with van der Waals surface area (Å²) in [6.45, 7) is 1.77. The van der Waals surface area contributed by atoms with Crippen LogP contribution in [0.4, 0.5) is 5.82 Å². The first-order valence-electron chi connectivity index (χ1n) is 4.80. The second-order valence-electron chi connectivity index (χ2n) is 3.51. The third-order valence-electron chi connectivity index (χ3n) is 2.02. The van der Waals surface area contributed by atoms with Gasteiger partial charge >= 0.3 is 5.97 Å². The maximum absolute atomic E-state index is 11.5. The van der Waals surface area contributed by atoms with Gasteiger partial charge in [-0.25, -0.2) is 4.98 Å². The normalized spacial score (nSPS) is 11.9. The van der Waals surface area contributed by atoms with Gasteiger partial charge < -0.3 is 16.2 Å². The average Bonchev–Trinajstić information content (AvgIpc) is 2.21. The van der Waals surface area contributed by atoms with Gasteiger partial charge in [0.2, 0.25) is 5.91 Å². The summed E-state index contributed by atoms with van der Waals surface area (Å²) in [6, 6.07) is 0.697. The van der Waals surface area contributed by atoms with Crippen LogP contribution in [0.3, 0.4) is 0 Å².